The second-order valence-electron chi connectivity index (χ2n) is 6.39. The molecule has 1 aliphatic heterocycles. The van der Waals surface area contributed by atoms with E-state index in [1.165, 1.54) is 0 Å². The van der Waals surface area contributed by atoms with Crippen molar-refractivity contribution in [2.24, 2.45) is 5.92 Å². The standard InChI is InChI=1S/C17H17N3O4/c21-16(20-7-6-13(9-20)17(22)23)12-3-1-2-11(8-12)14-18-15(24-19-14)10-4-5-10/h1-3,8,10,13H,4-7,9H2,(H,22,23). The maximum atomic E-state index is 12.6. The number of aromatic nitrogens is 2. The summed E-state index contributed by atoms with van der Waals surface area (Å²) < 4.78 is 5.26. The average molecular weight is 327 g/mol. The number of amides is 1. The molecule has 0 bridgehead atoms. The van der Waals surface area contributed by atoms with E-state index >= 15 is 0 Å². The highest BCUT2D eigenvalue weighted by Gasteiger charge is 2.32. The molecule has 2 aliphatic rings. The van der Waals surface area contributed by atoms with Crippen LogP contribution in [0, 0.1) is 5.92 Å². The molecule has 1 saturated heterocycles. The molecule has 2 aromatic rings. The third kappa shape index (κ3) is 2.77. The number of carbonyl (C=O) groups excluding carboxylic acids is 1. The average Bonchev–Trinajstić information content (AvgIpc) is 3.13. The smallest absolute Gasteiger partial charge is 0.308 e. The summed E-state index contributed by atoms with van der Waals surface area (Å²) in [5.41, 5.74) is 1.24. The zero-order valence-corrected chi connectivity index (χ0v) is 13.0. The molecule has 124 valence electrons. The molecule has 2 fully saturated rings. The Morgan fingerprint density at radius 1 is 1.25 bits per heavy atom. The molecule has 1 saturated carbocycles. The summed E-state index contributed by atoms with van der Waals surface area (Å²) in [6.45, 7) is 0.723. The molecule has 1 atom stereocenters. The van der Waals surface area contributed by atoms with Crippen LogP contribution < -0.4 is 0 Å². The van der Waals surface area contributed by atoms with Gasteiger partial charge in [-0.3, -0.25) is 9.59 Å². The van der Waals surface area contributed by atoms with Gasteiger partial charge in [0.2, 0.25) is 11.7 Å². The Kier molecular flexibility index (Phi) is 3.55. The van der Waals surface area contributed by atoms with Crippen molar-refractivity contribution in [2.45, 2.75) is 25.2 Å². The molecule has 24 heavy (non-hydrogen) atoms. The molecule has 1 N–H and O–H groups in total. The zero-order chi connectivity index (χ0) is 16.7. The van der Waals surface area contributed by atoms with Crippen molar-refractivity contribution in [2.75, 3.05) is 13.1 Å². The van der Waals surface area contributed by atoms with Crippen molar-refractivity contribution in [1.29, 1.82) is 0 Å². The maximum absolute atomic E-state index is 12.6. The fourth-order valence-corrected chi connectivity index (χ4v) is 2.97. The third-order valence-corrected chi connectivity index (χ3v) is 4.56. The lowest BCUT2D eigenvalue weighted by Gasteiger charge is -2.16. The Balaban J connectivity index is 1.53. The number of benzene rings is 1. The van der Waals surface area contributed by atoms with Gasteiger partial charge in [-0.15, -0.1) is 0 Å². The lowest BCUT2D eigenvalue weighted by Crippen LogP contribution is -2.29. The van der Waals surface area contributed by atoms with E-state index in [0.717, 1.165) is 18.4 Å². The number of likely N-dealkylation sites (tertiary alicyclic amines) is 1. The first-order chi connectivity index (χ1) is 11.6. The van der Waals surface area contributed by atoms with Gasteiger partial charge in [0.1, 0.15) is 0 Å². The number of rotatable bonds is 4. The van der Waals surface area contributed by atoms with Crippen LogP contribution >= 0.6 is 0 Å². The molecule has 7 nitrogen and oxygen atoms in total. The normalized spacial score (nSPS) is 20.3. The van der Waals surface area contributed by atoms with E-state index in [0.29, 0.717) is 36.2 Å². The fourth-order valence-electron chi connectivity index (χ4n) is 2.97. The van der Waals surface area contributed by atoms with Gasteiger partial charge in [0.15, 0.2) is 0 Å². The summed E-state index contributed by atoms with van der Waals surface area (Å²) in [5, 5.41) is 13.1. The van der Waals surface area contributed by atoms with E-state index in [1.54, 1.807) is 23.1 Å². The van der Waals surface area contributed by atoms with Gasteiger partial charge in [0.05, 0.1) is 5.92 Å². The van der Waals surface area contributed by atoms with E-state index in [-0.39, 0.29) is 12.5 Å². The second kappa shape index (κ2) is 5.74. The van der Waals surface area contributed by atoms with Crippen LogP contribution in [-0.2, 0) is 4.79 Å². The summed E-state index contributed by atoms with van der Waals surface area (Å²) in [7, 11) is 0. The first kappa shape index (κ1) is 14.9. The molecule has 0 spiro atoms. The van der Waals surface area contributed by atoms with Gasteiger partial charge in [-0.2, -0.15) is 4.98 Å². The predicted octanol–water partition coefficient (Wildman–Crippen LogP) is 2.16. The molecule has 1 unspecified atom stereocenters. The number of carboxylic acid groups (broad SMARTS) is 1. The van der Waals surface area contributed by atoms with Crippen LogP contribution in [-0.4, -0.2) is 45.1 Å². The Morgan fingerprint density at radius 2 is 2.08 bits per heavy atom. The van der Waals surface area contributed by atoms with Gasteiger partial charge in [-0.1, -0.05) is 17.3 Å². The monoisotopic (exact) mass is 327 g/mol. The molecule has 0 radical (unpaired) electrons. The summed E-state index contributed by atoms with van der Waals surface area (Å²) in [6, 6.07) is 7.07. The van der Waals surface area contributed by atoms with E-state index in [2.05, 4.69) is 10.1 Å². The van der Waals surface area contributed by atoms with Gasteiger partial charge in [-0.05, 0) is 31.4 Å². The minimum Gasteiger partial charge on any atom is -0.481 e. The molecule has 2 heterocycles. The molecule has 1 amide bonds. The van der Waals surface area contributed by atoms with Crippen LogP contribution in [0.3, 0.4) is 0 Å². The first-order valence-electron chi connectivity index (χ1n) is 8.08. The van der Waals surface area contributed by atoms with E-state index < -0.39 is 11.9 Å². The van der Waals surface area contributed by atoms with Gasteiger partial charge in [0, 0.05) is 30.1 Å². The fraction of sp³-hybridized carbons (Fsp3) is 0.412. The SMILES string of the molecule is O=C(O)C1CCN(C(=O)c2cccc(-c3noc(C4CC4)n3)c2)C1. The highest BCUT2D eigenvalue weighted by atomic mass is 16.5. The van der Waals surface area contributed by atoms with Crippen molar-refractivity contribution >= 4 is 11.9 Å². The van der Waals surface area contributed by atoms with Crippen LogP contribution in [0.15, 0.2) is 28.8 Å². The lowest BCUT2D eigenvalue weighted by molar-refractivity contribution is -0.141. The van der Waals surface area contributed by atoms with Crippen molar-refractivity contribution in [3.63, 3.8) is 0 Å². The number of hydrogen-bond acceptors (Lipinski definition) is 5. The minimum atomic E-state index is -0.849. The molecular formula is C17H17N3O4. The predicted molar refractivity (Wildman–Crippen MR) is 83.4 cm³/mol. The number of nitrogens with zero attached hydrogens (tertiary/aromatic N) is 3. The largest absolute Gasteiger partial charge is 0.481 e. The van der Waals surface area contributed by atoms with Gasteiger partial charge >= 0.3 is 5.97 Å². The minimum absolute atomic E-state index is 0.161. The Labute approximate surface area is 138 Å². The van der Waals surface area contributed by atoms with Crippen molar-refractivity contribution in [3.8, 4) is 11.4 Å². The number of aliphatic carboxylic acids is 1. The molecule has 1 aromatic heterocycles. The van der Waals surface area contributed by atoms with Gasteiger partial charge < -0.3 is 14.5 Å². The summed E-state index contributed by atoms with van der Waals surface area (Å²) in [6.07, 6.45) is 2.66. The molecule has 1 aromatic carbocycles. The van der Waals surface area contributed by atoms with Crippen LogP contribution in [0.1, 0.15) is 41.4 Å². The number of carboxylic acids is 1. The van der Waals surface area contributed by atoms with Crippen molar-refractivity contribution in [1.82, 2.24) is 15.0 Å². The Morgan fingerprint density at radius 3 is 2.79 bits per heavy atom. The molecule has 1 aliphatic carbocycles. The van der Waals surface area contributed by atoms with Crippen LogP contribution in [0.25, 0.3) is 11.4 Å². The second-order valence-corrected chi connectivity index (χ2v) is 6.39. The van der Waals surface area contributed by atoms with E-state index in [4.69, 9.17) is 9.63 Å². The van der Waals surface area contributed by atoms with Crippen molar-refractivity contribution < 1.29 is 19.2 Å². The summed E-state index contributed by atoms with van der Waals surface area (Å²) >= 11 is 0. The highest BCUT2D eigenvalue weighted by molar-refractivity contribution is 5.95. The summed E-state index contributed by atoms with van der Waals surface area (Å²) in [5.74, 6) is 0.0379. The van der Waals surface area contributed by atoms with E-state index in [9.17, 15) is 9.59 Å². The van der Waals surface area contributed by atoms with Gasteiger partial charge in [-0.25, -0.2) is 0 Å². The first-order valence-corrected chi connectivity index (χ1v) is 8.08. The Bertz CT molecular complexity index is 797. The molecular weight excluding hydrogens is 310 g/mol. The molecule has 4 rings (SSSR count). The third-order valence-electron chi connectivity index (χ3n) is 4.56. The van der Waals surface area contributed by atoms with Gasteiger partial charge in [0.25, 0.3) is 5.91 Å². The maximum Gasteiger partial charge on any atom is 0.308 e. The topological polar surface area (TPSA) is 96.5 Å². The zero-order valence-electron chi connectivity index (χ0n) is 13.0. The highest BCUT2D eigenvalue weighted by Crippen LogP contribution is 2.39. The quantitative estimate of drug-likeness (QED) is 0.924. The Hall–Kier alpha value is -2.70. The number of carbonyl (C=O) groups is 2. The van der Waals surface area contributed by atoms with Crippen molar-refractivity contribution in [3.05, 3.63) is 35.7 Å². The van der Waals surface area contributed by atoms with Crippen LogP contribution in [0.4, 0.5) is 0 Å². The lowest BCUT2D eigenvalue weighted by atomic mass is 10.1. The van der Waals surface area contributed by atoms with Crippen LogP contribution in [0.5, 0.6) is 0 Å². The number of hydrogen-bond donors (Lipinski definition) is 1. The molecule has 7 heteroatoms. The van der Waals surface area contributed by atoms with Crippen LogP contribution in [0.2, 0.25) is 0 Å². The van der Waals surface area contributed by atoms with E-state index in [1.807, 2.05) is 6.07 Å². The summed E-state index contributed by atoms with van der Waals surface area (Å²) in [4.78, 5) is 29.6.